The van der Waals surface area contributed by atoms with E-state index in [1.165, 1.54) is 63.6 Å². The number of nitrogens with zero attached hydrogens (tertiary/aromatic N) is 1. The molecule has 61 heavy (non-hydrogen) atoms. The van der Waals surface area contributed by atoms with Crippen LogP contribution in [-0.4, -0.2) is 14.8 Å². The Hall–Kier alpha value is -5.81. The Morgan fingerprint density at radius 2 is 1.16 bits per heavy atom. The minimum absolute atomic E-state index is 0.0739. The Morgan fingerprint density at radius 1 is 0.525 bits per heavy atom. The molecule has 0 fully saturated rings. The number of fused-ring (bicyclic) bond motifs is 7. The lowest BCUT2D eigenvalue weighted by molar-refractivity contribution is 0.590. The molecular formula is C57H50BNSSi. The lowest BCUT2D eigenvalue weighted by Crippen LogP contribution is -2.73. The Bertz CT molecular complexity index is 3270. The van der Waals surface area contributed by atoms with Crippen molar-refractivity contribution in [2.75, 3.05) is 4.90 Å². The highest BCUT2D eigenvalue weighted by Gasteiger charge is 2.51. The van der Waals surface area contributed by atoms with E-state index < -0.39 is 14.1 Å². The van der Waals surface area contributed by atoms with Crippen LogP contribution in [0.25, 0.3) is 22.3 Å². The zero-order valence-corrected chi connectivity index (χ0v) is 37.6. The summed E-state index contributed by atoms with van der Waals surface area (Å²) in [5.41, 5.74) is 12.9. The zero-order chi connectivity index (χ0) is 46.2. The quantitative estimate of drug-likeness (QED) is 0.163. The minimum atomic E-state index is -2.91. The van der Waals surface area contributed by atoms with Crippen molar-refractivity contribution in [1.29, 1.82) is 0 Å². The smallest absolute Gasteiger partial charge is 0.249 e. The third-order valence-electron chi connectivity index (χ3n) is 13.2. The van der Waals surface area contributed by atoms with Crippen molar-refractivity contribution in [2.45, 2.75) is 69.1 Å². The summed E-state index contributed by atoms with van der Waals surface area (Å²) in [5.74, 6) is 0. The topological polar surface area (TPSA) is 3.24 Å². The van der Waals surface area contributed by atoms with E-state index in [9.17, 15) is 2.74 Å². The van der Waals surface area contributed by atoms with Gasteiger partial charge in [-0.25, -0.2) is 0 Å². The van der Waals surface area contributed by atoms with Gasteiger partial charge in [0.2, 0.25) is 6.71 Å². The molecule has 0 amide bonds. The standard InChI is InChI=1S/C57H50BNSSi/c1-37-31-50-55-52(32-37)60-51-30-28-40(57(5,6)7)34-47(51)58(55)46-36-54-45(35-49(46)59(50)48-29-27-39(56(2,3)4)33-44(48)38-19-11-8-12-20-38)43-25-17-18-26-53(43)61(54,41-21-13-9-14-22-41)42-23-15-10-16-24-42/h8-36H,1-7H3/i8D,11D,12D,19D,20D. The highest BCUT2D eigenvalue weighted by atomic mass is 32.2. The van der Waals surface area contributed by atoms with Gasteiger partial charge in [-0.2, -0.15) is 0 Å². The maximum atomic E-state index is 9.39. The van der Waals surface area contributed by atoms with E-state index in [0.717, 1.165) is 28.2 Å². The first-order chi connectivity index (χ1) is 31.5. The molecule has 3 aliphatic rings. The molecule has 0 radical (unpaired) electrons. The van der Waals surface area contributed by atoms with Gasteiger partial charge in [0.15, 0.2) is 8.07 Å². The fourth-order valence-corrected chi connectivity index (χ4v) is 16.8. The van der Waals surface area contributed by atoms with Crippen molar-refractivity contribution in [3.8, 4) is 22.3 Å². The van der Waals surface area contributed by atoms with Crippen LogP contribution in [0.1, 0.15) is 65.1 Å². The van der Waals surface area contributed by atoms with Gasteiger partial charge in [0.1, 0.15) is 0 Å². The molecule has 0 unspecified atom stereocenters. The maximum Gasteiger partial charge on any atom is 0.249 e. The third kappa shape index (κ3) is 5.83. The minimum Gasteiger partial charge on any atom is -0.311 e. The predicted octanol–water partition coefficient (Wildman–Crippen LogP) is 10.4. The molecule has 8 aromatic rings. The summed E-state index contributed by atoms with van der Waals surface area (Å²) in [7, 11) is -2.91. The molecule has 0 bridgehead atoms. The van der Waals surface area contributed by atoms with Crippen molar-refractivity contribution in [1.82, 2.24) is 0 Å². The number of rotatable bonds is 4. The Kier molecular flexibility index (Phi) is 7.47. The number of hydrogen-bond donors (Lipinski definition) is 0. The fraction of sp³-hybridized carbons (Fsp3) is 0.158. The summed E-state index contributed by atoms with van der Waals surface area (Å²) >= 11 is 1.83. The van der Waals surface area contributed by atoms with Crippen LogP contribution >= 0.6 is 11.8 Å². The van der Waals surface area contributed by atoms with Crippen molar-refractivity contribution >= 4 is 80.7 Å². The molecule has 0 spiro atoms. The second kappa shape index (κ2) is 13.9. The molecule has 4 heteroatoms. The van der Waals surface area contributed by atoms with Gasteiger partial charge >= 0.3 is 0 Å². The molecule has 0 aromatic heterocycles. The van der Waals surface area contributed by atoms with E-state index in [1.54, 1.807) is 0 Å². The third-order valence-corrected chi connectivity index (χ3v) is 19.2. The first-order valence-electron chi connectivity index (χ1n) is 23.9. The van der Waals surface area contributed by atoms with Crippen molar-refractivity contribution in [3.05, 3.63) is 192 Å². The van der Waals surface area contributed by atoms with Crippen LogP contribution in [0.3, 0.4) is 0 Å². The first-order valence-corrected chi connectivity index (χ1v) is 24.2. The maximum absolute atomic E-state index is 9.39. The molecule has 3 aliphatic heterocycles. The Balaban J connectivity index is 1.31. The number of benzene rings is 8. The summed E-state index contributed by atoms with van der Waals surface area (Å²) in [5, 5.41) is 5.40. The molecule has 0 saturated carbocycles. The predicted molar refractivity (Wildman–Crippen MR) is 267 cm³/mol. The zero-order valence-electron chi connectivity index (χ0n) is 40.8. The van der Waals surface area contributed by atoms with Crippen LogP contribution in [0, 0.1) is 6.92 Å². The number of hydrogen-bond acceptors (Lipinski definition) is 2. The number of anilines is 3. The Labute approximate surface area is 374 Å². The lowest BCUT2D eigenvalue weighted by atomic mass is 9.34. The van der Waals surface area contributed by atoms with Gasteiger partial charge in [-0.1, -0.05) is 198 Å². The van der Waals surface area contributed by atoms with Crippen LogP contribution in [0.15, 0.2) is 186 Å². The van der Waals surface area contributed by atoms with Crippen molar-refractivity contribution in [3.63, 3.8) is 0 Å². The molecule has 0 N–H and O–H groups in total. The van der Waals surface area contributed by atoms with E-state index in [0.29, 0.717) is 5.56 Å². The molecule has 11 rings (SSSR count). The summed E-state index contributed by atoms with van der Waals surface area (Å²) in [4.78, 5) is 4.83. The largest absolute Gasteiger partial charge is 0.311 e. The molecule has 0 saturated heterocycles. The van der Waals surface area contributed by atoms with Gasteiger partial charge in [-0.05, 0) is 119 Å². The van der Waals surface area contributed by atoms with Gasteiger partial charge in [-0.15, -0.1) is 0 Å². The molecular weight excluding hydrogens is 770 g/mol. The van der Waals surface area contributed by atoms with E-state index in [-0.39, 0.29) is 47.3 Å². The SMILES string of the molecule is [2H]c1c([2H])c([2H])c(-c2cc(C(C)(C)C)ccc2N2c3cc4c(cc3B3c5cc(C(C)(C)C)ccc5Sc5cc(C)cc2c53)[Si](c2ccccc2)(c2ccccc2)c2ccccc2-4)c([2H])c1[2H]. The second-order valence-electron chi connectivity index (χ2n) is 19.0. The average molecular weight is 825 g/mol. The molecule has 296 valence electrons. The fourth-order valence-electron chi connectivity index (χ4n) is 10.3. The van der Waals surface area contributed by atoms with Crippen LogP contribution in [0.2, 0.25) is 0 Å². The monoisotopic (exact) mass is 824 g/mol. The molecule has 8 aromatic carbocycles. The number of aryl methyl sites for hydroxylation is 1. The highest BCUT2D eigenvalue weighted by molar-refractivity contribution is 8.00. The Morgan fingerprint density at radius 3 is 1.85 bits per heavy atom. The van der Waals surface area contributed by atoms with Crippen molar-refractivity contribution < 1.29 is 6.85 Å². The van der Waals surface area contributed by atoms with Crippen LogP contribution in [0.5, 0.6) is 0 Å². The summed E-state index contributed by atoms with van der Waals surface area (Å²) in [6.45, 7) is 15.4. The summed E-state index contributed by atoms with van der Waals surface area (Å²) < 4.78 is 45.1. The average Bonchev–Trinajstić information content (AvgIpc) is 3.59. The van der Waals surface area contributed by atoms with Gasteiger partial charge in [0.25, 0.3) is 0 Å². The highest BCUT2D eigenvalue weighted by Crippen LogP contribution is 2.47. The summed E-state index contributed by atoms with van der Waals surface area (Å²) in [6.07, 6.45) is 0. The van der Waals surface area contributed by atoms with E-state index in [1.807, 2.05) is 11.8 Å². The van der Waals surface area contributed by atoms with Crippen LogP contribution in [-0.2, 0) is 10.8 Å². The van der Waals surface area contributed by atoms with Crippen LogP contribution < -0.4 is 42.0 Å². The second-order valence-corrected chi connectivity index (χ2v) is 23.9. The van der Waals surface area contributed by atoms with Gasteiger partial charge in [0, 0.05) is 26.7 Å². The van der Waals surface area contributed by atoms with E-state index >= 15 is 0 Å². The van der Waals surface area contributed by atoms with Gasteiger partial charge in [-0.3, -0.25) is 0 Å². The van der Waals surface area contributed by atoms with E-state index in [4.69, 9.17) is 4.11 Å². The molecule has 0 atom stereocenters. The van der Waals surface area contributed by atoms with Crippen LogP contribution in [0.4, 0.5) is 17.1 Å². The molecule has 3 heterocycles. The van der Waals surface area contributed by atoms with Gasteiger partial charge < -0.3 is 4.90 Å². The van der Waals surface area contributed by atoms with Gasteiger partial charge in [0.05, 0.1) is 12.5 Å². The normalized spacial score (nSPS) is 15.6. The lowest BCUT2D eigenvalue weighted by Gasteiger charge is -2.42. The first kappa shape index (κ1) is 32.9. The van der Waals surface area contributed by atoms with Crippen molar-refractivity contribution in [2.24, 2.45) is 0 Å². The molecule has 0 aliphatic carbocycles. The molecule has 1 nitrogen and oxygen atoms in total. The summed E-state index contributed by atoms with van der Waals surface area (Å²) in [6, 6.07) is 52.9. The van der Waals surface area contributed by atoms with E-state index in [2.05, 4.69) is 199 Å².